The predicted octanol–water partition coefficient (Wildman–Crippen LogP) is 6.30. The lowest BCUT2D eigenvalue weighted by molar-refractivity contribution is 0.551. The molecule has 0 nitrogen and oxygen atoms in total. The third kappa shape index (κ3) is 16.0. The van der Waals surface area contributed by atoms with E-state index in [0.717, 1.165) is 5.88 Å². The van der Waals surface area contributed by atoms with Crippen molar-refractivity contribution < 1.29 is 0 Å². The maximum atomic E-state index is 5.64. The fourth-order valence-corrected chi connectivity index (χ4v) is 2.25. The van der Waals surface area contributed by atoms with Crippen molar-refractivity contribution in [2.45, 2.75) is 77.0 Å². The molecule has 1 heteroatoms. The number of alkyl halides is 1. The molecule has 0 aliphatic rings. The minimum atomic E-state index is 0.837. The normalized spacial score (nSPS) is 11.4. The van der Waals surface area contributed by atoms with Crippen LogP contribution in [-0.2, 0) is 0 Å². The first-order chi connectivity index (χ1) is 8.41. The average molecular weight is 258 g/mol. The Kier molecular flexibility index (Phi) is 16.1. The van der Waals surface area contributed by atoms with Crippen molar-refractivity contribution in [1.82, 2.24) is 0 Å². The van der Waals surface area contributed by atoms with E-state index >= 15 is 0 Å². The lowest BCUT2D eigenvalue weighted by atomic mass is 10.1. The van der Waals surface area contributed by atoms with Crippen LogP contribution in [0, 0.1) is 6.92 Å². The van der Waals surface area contributed by atoms with Crippen LogP contribution in [0.5, 0.6) is 0 Å². The second kappa shape index (κ2) is 16.0. The van der Waals surface area contributed by atoms with Crippen LogP contribution in [0.4, 0.5) is 0 Å². The molecule has 0 aromatic rings. The molecule has 0 aromatic carbocycles. The third-order valence-corrected chi connectivity index (χ3v) is 3.44. The van der Waals surface area contributed by atoms with Crippen molar-refractivity contribution in [2.75, 3.05) is 5.88 Å². The van der Waals surface area contributed by atoms with Crippen molar-refractivity contribution in [1.29, 1.82) is 0 Å². The summed E-state index contributed by atoms with van der Waals surface area (Å²) in [5.74, 6) is 0.837. The van der Waals surface area contributed by atoms with Gasteiger partial charge in [-0.2, -0.15) is 0 Å². The van der Waals surface area contributed by atoms with Gasteiger partial charge in [0.15, 0.2) is 0 Å². The highest BCUT2D eigenvalue weighted by Crippen LogP contribution is 2.12. The van der Waals surface area contributed by atoms with Gasteiger partial charge in [0.2, 0.25) is 0 Å². The quantitative estimate of drug-likeness (QED) is 0.268. The molecule has 0 heterocycles. The van der Waals surface area contributed by atoms with Crippen LogP contribution in [0.1, 0.15) is 77.0 Å². The number of rotatable bonds is 13. The van der Waals surface area contributed by atoms with Crippen molar-refractivity contribution in [3.05, 3.63) is 19.1 Å². The summed E-state index contributed by atoms with van der Waals surface area (Å²) in [5, 5.41) is 0. The summed E-state index contributed by atoms with van der Waals surface area (Å²) in [5.41, 5.74) is 0. The lowest BCUT2D eigenvalue weighted by Crippen LogP contribution is -1.82. The molecule has 0 aliphatic heterocycles. The van der Waals surface area contributed by atoms with E-state index in [1.807, 2.05) is 6.08 Å². The van der Waals surface area contributed by atoms with Crippen LogP contribution in [0.25, 0.3) is 0 Å². The summed E-state index contributed by atoms with van der Waals surface area (Å²) >= 11 is 5.64. The molecule has 0 saturated carbocycles. The molecule has 0 atom stereocenters. The van der Waals surface area contributed by atoms with Crippen LogP contribution in [-0.4, -0.2) is 5.88 Å². The third-order valence-electron chi connectivity index (χ3n) is 3.17. The van der Waals surface area contributed by atoms with Gasteiger partial charge in [0.1, 0.15) is 0 Å². The minimum absolute atomic E-state index is 0.837. The molecule has 1 radical (unpaired) electrons. The summed E-state index contributed by atoms with van der Waals surface area (Å²) in [4.78, 5) is 0. The molecule has 0 aliphatic carbocycles. The monoisotopic (exact) mass is 257 g/mol. The zero-order valence-electron chi connectivity index (χ0n) is 11.4. The molecular formula is C16H30Cl. The Balaban J connectivity index is 2.89. The highest BCUT2D eigenvalue weighted by molar-refractivity contribution is 6.17. The summed E-state index contributed by atoms with van der Waals surface area (Å²) < 4.78 is 0. The molecule has 101 valence electrons. The van der Waals surface area contributed by atoms with E-state index in [0.29, 0.717) is 0 Å². The molecule has 0 aromatic heterocycles. The Hall–Kier alpha value is 0.0300. The maximum Gasteiger partial charge on any atom is 0.0223 e. The van der Waals surface area contributed by atoms with Crippen LogP contribution >= 0.6 is 11.6 Å². The van der Waals surface area contributed by atoms with Crippen LogP contribution in [0.3, 0.4) is 0 Å². The van der Waals surface area contributed by atoms with Crippen LogP contribution in [0.15, 0.2) is 12.2 Å². The van der Waals surface area contributed by atoms with Crippen LogP contribution < -0.4 is 0 Å². The smallest absolute Gasteiger partial charge is 0.0223 e. The second-order valence-corrected chi connectivity index (χ2v) is 5.22. The first kappa shape index (κ1) is 17.0. The highest BCUT2D eigenvalue weighted by atomic mass is 35.5. The van der Waals surface area contributed by atoms with Gasteiger partial charge in [-0.1, -0.05) is 69.9 Å². The average Bonchev–Trinajstić information content (AvgIpc) is 2.35. The summed E-state index contributed by atoms with van der Waals surface area (Å²) in [6.07, 6.45) is 20.4. The fourth-order valence-electron chi connectivity index (χ4n) is 2.07. The molecule has 0 fully saturated rings. The Labute approximate surface area is 114 Å². The van der Waals surface area contributed by atoms with E-state index in [4.69, 9.17) is 11.6 Å². The van der Waals surface area contributed by atoms with E-state index < -0.39 is 0 Å². The van der Waals surface area contributed by atoms with Gasteiger partial charge in [0.25, 0.3) is 0 Å². The van der Waals surface area contributed by atoms with Crippen LogP contribution in [0.2, 0.25) is 0 Å². The largest absolute Gasteiger partial charge is 0.127 e. The van der Waals surface area contributed by atoms with E-state index in [9.17, 15) is 0 Å². The standard InChI is InChI=1S/C16H30Cl/c1-2-3-4-5-6-7-8-9-10-11-12-13-14-15-16-17/h2-3H,1,4-16H2. The molecule has 0 saturated heterocycles. The zero-order chi connectivity index (χ0) is 12.6. The fraction of sp³-hybridized carbons (Fsp3) is 0.812. The molecular weight excluding hydrogens is 228 g/mol. The number of hydrogen-bond donors (Lipinski definition) is 0. The van der Waals surface area contributed by atoms with Gasteiger partial charge in [-0.15, -0.1) is 11.6 Å². The van der Waals surface area contributed by atoms with Gasteiger partial charge < -0.3 is 0 Å². The molecule has 17 heavy (non-hydrogen) atoms. The van der Waals surface area contributed by atoms with Gasteiger partial charge in [-0.25, -0.2) is 0 Å². The van der Waals surface area contributed by atoms with E-state index in [-0.39, 0.29) is 0 Å². The van der Waals surface area contributed by atoms with E-state index in [1.54, 1.807) is 0 Å². The van der Waals surface area contributed by atoms with Gasteiger partial charge in [-0.3, -0.25) is 0 Å². The van der Waals surface area contributed by atoms with Gasteiger partial charge in [0, 0.05) is 5.88 Å². The Morgan fingerprint density at radius 3 is 1.47 bits per heavy atom. The van der Waals surface area contributed by atoms with Crippen molar-refractivity contribution in [2.24, 2.45) is 0 Å². The van der Waals surface area contributed by atoms with Gasteiger partial charge in [-0.05, 0) is 26.2 Å². The molecule has 0 spiro atoms. The van der Waals surface area contributed by atoms with E-state index in [1.165, 1.54) is 77.0 Å². The summed E-state index contributed by atoms with van der Waals surface area (Å²) in [6, 6.07) is 0. The first-order valence-electron chi connectivity index (χ1n) is 7.42. The number of unbranched alkanes of at least 4 members (excludes halogenated alkanes) is 11. The first-order valence-corrected chi connectivity index (χ1v) is 7.95. The van der Waals surface area contributed by atoms with E-state index in [2.05, 4.69) is 13.0 Å². The highest BCUT2D eigenvalue weighted by Gasteiger charge is 1.92. The lowest BCUT2D eigenvalue weighted by Gasteiger charge is -2.01. The second-order valence-electron chi connectivity index (χ2n) is 4.84. The van der Waals surface area contributed by atoms with Crippen molar-refractivity contribution >= 4 is 11.6 Å². The molecule has 0 amide bonds. The van der Waals surface area contributed by atoms with Crippen molar-refractivity contribution in [3.63, 3.8) is 0 Å². The molecule has 0 N–H and O–H groups in total. The Morgan fingerprint density at radius 1 is 0.647 bits per heavy atom. The topological polar surface area (TPSA) is 0 Å². The zero-order valence-corrected chi connectivity index (χ0v) is 12.2. The van der Waals surface area contributed by atoms with Gasteiger partial charge >= 0.3 is 0 Å². The predicted molar refractivity (Wildman–Crippen MR) is 80.6 cm³/mol. The minimum Gasteiger partial charge on any atom is -0.127 e. The number of hydrogen-bond acceptors (Lipinski definition) is 0. The number of halogens is 1. The van der Waals surface area contributed by atoms with Gasteiger partial charge in [0.05, 0.1) is 0 Å². The molecule has 0 rings (SSSR count). The van der Waals surface area contributed by atoms with Crippen molar-refractivity contribution in [3.8, 4) is 0 Å². The summed E-state index contributed by atoms with van der Waals surface area (Å²) in [6.45, 7) is 3.69. The molecule has 0 bridgehead atoms. The maximum absolute atomic E-state index is 5.64. The summed E-state index contributed by atoms with van der Waals surface area (Å²) in [7, 11) is 0. The SMILES string of the molecule is [CH2]C=CCCCCCCCCCCCCCCl. The number of allylic oxidation sites excluding steroid dienone is 2. The Bertz CT molecular complexity index is 152. The molecule has 0 unspecified atom stereocenters. The Morgan fingerprint density at radius 2 is 1.06 bits per heavy atom.